The normalized spacial score (nSPS) is 11.7. The van der Waals surface area contributed by atoms with E-state index in [1.54, 1.807) is 4.57 Å². The third-order valence-corrected chi connectivity index (χ3v) is 10.4. The Morgan fingerprint density at radius 2 is 1.05 bits per heavy atom. The van der Waals surface area contributed by atoms with E-state index < -0.39 is 0 Å². The van der Waals surface area contributed by atoms with Gasteiger partial charge in [0.15, 0.2) is 17.5 Å². The van der Waals surface area contributed by atoms with E-state index in [0.29, 0.717) is 23.0 Å². The van der Waals surface area contributed by atoms with E-state index in [4.69, 9.17) is 19.4 Å². The van der Waals surface area contributed by atoms with Crippen molar-refractivity contribution in [1.82, 2.24) is 23.9 Å². The number of hydrogen-bond acceptors (Lipinski definition) is 5. The summed E-state index contributed by atoms with van der Waals surface area (Å²) in [5.74, 6) is 1.78. The van der Waals surface area contributed by atoms with E-state index in [9.17, 15) is 4.79 Å². The van der Waals surface area contributed by atoms with Crippen molar-refractivity contribution < 1.29 is 4.42 Å². The van der Waals surface area contributed by atoms with Gasteiger partial charge in [0.25, 0.3) is 5.56 Å². The molecule has 4 heterocycles. The first-order valence-corrected chi connectivity index (χ1v) is 18.2. The van der Waals surface area contributed by atoms with Crippen LogP contribution in [0.2, 0.25) is 0 Å². The van der Waals surface area contributed by atoms with Crippen molar-refractivity contribution in [2.45, 2.75) is 0 Å². The quantitative estimate of drug-likeness (QED) is 0.178. The fraction of sp³-hybridized carbons (Fsp3) is 0. The average molecular weight is 708 g/mol. The lowest BCUT2D eigenvalue weighted by atomic mass is 9.99. The molecule has 0 saturated carbocycles. The Bertz CT molecular complexity index is 3270. The first-order chi connectivity index (χ1) is 27.2. The molecule has 258 valence electrons. The van der Waals surface area contributed by atoms with Crippen LogP contribution in [0.25, 0.3) is 100 Å². The molecule has 0 fully saturated rings. The smallest absolute Gasteiger partial charge is 0.279 e. The molecule has 0 bridgehead atoms. The van der Waals surface area contributed by atoms with Gasteiger partial charge in [-0.25, -0.2) is 15.0 Å². The number of aromatic nitrogens is 5. The number of para-hydroxylation sites is 3. The second-order valence-electron chi connectivity index (χ2n) is 13.6. The average Bonchev–Trinajstić information content (AvgIpc) is 3.83. The molecule has 0 aliphatic heterocycles. The molecule has 11 aromatic rings. The van der Waals surface area contributed by atoms with Crippen LogP contribution in [0.5, 0.6) is 0 Å². The summed E-state index contributed by atoms with van der Waals surface area (Å²) in [4.78, 5) is 29.1. The lowest BCUT2D eigenvalue weighted by Gasteiger charge is -2.13. The molecule has 0 aliphatic carbocycles. The van der Waals surface area contributed by atoms with E-state index >= 15 is 0 Å². The summed E-state index contributed by atoms with van der Waals surface area (Å²) in [7, 11) is 0. The second kappa shape index (κ2) is 12.2. The summed E-state index contributed by atoms with van der Waals surface area (Å²) in [6.07, 6.45) is 0. The number of nitrogens with zero attached hydrogens (tertiary/aromatic N) is 5. The lowest BCUT2D eigenvalue weighted by molar-refractivity contribution is 0.669. The Morgan fingerprint density at radius 3 is 1.78 bits per heavy atom. The number of rotatable bonds is 5. The van der Waals surface area contributed by atoms with Crippen LogP contribution in [-0.4, -0.2) is 23.9 Å². The maximum atomic E-state index is 14.2. The summed E-state index contributed by atoms with van der Waals surface area (Å²) in [6.45, 7) is 0. The Balaban J connectivity index is 1.09. The van der Waals surface area contributed by atoms with E-state index in [1.165, 1.54) is 0 Å². The molecule has 0 spiro atoms. The van der Waals surface area contributed by atoms with Crippen LogP contribution in [0.3, 0.4) is 0 Å². The Labute approximate surface area is 314 Å². The largest absolute Gasteiger partial charge is 0.456 e. The molecule has 0 unspecified atom stereocenters. The number of fused-ring (bicyclic) bond motifs is 8. The summed E-state index contributed by atoms with van der Waals surface area (Å²) in [6, 6.07) is 58.6. The zero-order chi connectivity index (χ0) is 36.5. The highest BCUT2D eigenvalue weighted by Gasteiger charge is 2.20. The van der Waals surface area contributed by atoms with Crippen LogP contribution in [0.1, 0.15) is 0 Å². The minimum absolute atomic E-state index is 0.0642. The third kappa shape index (κ3) is 4.98. The molecule has 0 radical (unpaired) electrons. The van der Waals surface area contributed by atoms with E-state index in [1.807, 2.05) is 140 Å². The van der Waals surface area contributed by atoms with Crippen LogP contribution in [0.4, 0.5) is 0 Å². The van der Waals surface area contributed by atoms with Crippen molar-refractivity contribution >= 4 is 49.4 Å². The highest BCUT2D eigenvalue weighted by atomic mass is 16.3. The maximum absolute atomic E-state index is 14.2. The van der Waals surface area contributed by atoms with E-state index in [0.717, 1.165) is 77.4 Å². The van der Waals surface area contributed by atoms with Crippen molar-refractivity contribution in [3.05, 3.63) is 186 Å². The Morgan fingerprint density at radius 1 is 0.436 bits per heavy atom. The zero-order valence-electron chi connectivity index (χ0n) is 29.3. The van der Waals surface area contributed by atoms with Crippen LogP contribution >= 0.6 is 0 Å². The van der Waals surface area contributed by atoms with Gasteiger partial charge in [0, 0.05) is 38.5 Å². The van der Waals surface area contributed by atoms with Gasteiger partial charge in [0.2, 0.25) is 0 Å². The van der Waals surface area contributed by atoms with Crippen molar-refractivity contribution in [3.63, 3.8) is 0 Å². The van der Waals surface area contributed by atoms with Gasteiger partial charge in [0.05, 0.1) is 16.6 Å². The number of hydrogen-bond donors (Lipinski definition) is 0. The highest BCUT2D eigenvalue weighted by molar-refractivity contribution is 6.13. The molecule has 55 heavy (non-hydrogen) atoms. The van der Waals surface area contributed by atoms with Gasteiger partial charge < -0.3 is 8.82 Å². The fourth-order valence-corrected chi connectivity index (χ4v) is 7.83. The third-order valence-electron chi connectivity index (χ3n) is 10.4. The van der Waals surface area contributed by atoms with Crippen LogP contribution in [-0.2, 0) is 0 Å². The molecule has 7 aromatic carbocycles. The molecule has 11 rings (SSSR count). The molecular formula is C48H29N5O2. The highest BCUT2D eigenvalue weighted by Crippen LogP contribution is 2.39. The van der Waals surface area contributed by atoms with Crippen molar-refractivity contribution in [2.75, 3.05) is 0 Å². The van der Waals surface area contributed by atoms with Gasteiger partial charge in [-0.15, -0.1) is 0 Å². The van der Waals surface area contributed by atoms with Crippen molar-refractivity contribution in [2.24, 2.45) is 0 Å². The molecule has 0 N–H and O–H groups in total. The van der Waals surface area contributed by atoms with Crippen molar-refractivity contribution in [3.8, 4) is 51.0 Å². The predicted octanol–water partition coefficient (Wildman–Crippen LogP) is 11.1. The van der Waals surface area contributed by atoms with Gasteiger partial charge in [-0.05, 0) is 71.8 Å². The molecule has 4 aromatic heterocycles. The molecular weight excluding hydrogens is 679 g/mol. The second-order valence-corrected chi connectivity index (χ2v) is 13.6. The molecule has 7 heteroatoms. The van der Waals surface area contributed by atoms with Crippen LogP contribution in [0.15, 0.2) is 185 Å². The first-order valence-electron chi connectivity index (χ1n) is 18.2. The molecule has 0 aliphatic rings. The Hall–Kier alpha value is -7.64. The minimum atomic E-state index is -0.0642. The molecule has 7 nitrogen and oxygen atoms in total. The minimum Gasteiger partial charge on any atom is -0.456 e. The molecule has 0 atom stereocenters. The lowest BCUT2D eigenvalue weighted by Crippen LogP contribution is -2.21. The van der Waals surface area contributed by atoms with Gasteiger partial charge >= 0.3 is 0 Å². The zero-order valence-corrected chi connectivity index (χ0v) is 29.3. The topological polar surface area (TPSA) is 78.2 Å². The van der Waals surface area contributed by atoms with Gasteiger partial charge in [-0.1, -0.05) is 115 Å². The fourth-order valence-electron chi connectivity index (χ4n) is 7.83. The summed E-state index contributed by atoms with van der Waals surface area (Å²) in [5, 5.41) is 2.88. The SMILES string of the molecule is O=c1c2cc3cc(-c4ccc5oc6cccc(-c7nc(-c8ccccc8)nc(-c8ccccc8)n7)c6c5c4)ccc3n2c2ccccc2n1-c1ccccc1. The Kier molecular flexibility index (Phi) is 6.87. The van der Waals surface area contributed by atoms with E-state index in [2.05, 4.69) is 40.8 Å². The summed E-state index contributed by atoms with van der Waals surface area (Å²) < 4.78 is 10.3. The maximum Gasteiger partial charge on any atom is 0.279 e. The van der Waals surface area contributed by atoms with Gasteiger partial charge in [-0.2, -0.15) is 0 Å². The summed E-state index contributed by atoms with van der Waals surface area (Å²) >= 11 is 0. The predicted molar refractivity (Wildman–Crippen MR) is 220 cm³/mol. The monoisotopic (exact) mass is 707 g/mol. The molecule has 0 saturated heterocycles. The van der Waals surface area contributed by atoms with Crippen LogP contribution in [0, 0.1) is 0 Å². The van der Waals surface area contributed by atoms with Crippen molar-refractivity contribution in [1.29, 1.82) is 0 Å². The number of benzene rings is 7. The summed E-state index contributed by atoms with van der Waals surface area (Å²) in [5.41, 5.74) is 10.5. The van der Waals surface area contributed by atoms with Gasteiger partial charge in [-0.3, -0.25) is 9.36 Å². The van der Waals surface area contributed by atoms with Crippen LogP contribution < -0.4 is 5.56 Å². The first kappa shape index (κ1) is 30.9. The van der Waals surface area contributed by atoms with Gasteiger partial charge in [0.1, 0.15) is 16.7 Å². The number of furan rings is 1. The van der Waals surface area contributed by atoms with E-state index in [-0.39, 0.29) is 5.56 Å². The standard InChI is InChI=1S/C48H29N5O2/c54-48-41-29-34-27-32(23-25-38(34)53(41)40-21-11-10-20-39(40)52(48)35-17-8-3-9-18-35)33-24-26-42-37(28-33)44-36(19-12-22-43(44)55-42)47-50-45(30-13-4-1-5-14-30)49-46(51-47)31-15-6-2-7-16-31/h1-29H. The molecule has 0 amide bonds.